The molecule has 102 valence electrons. The summed E-state index contributed by atoms with van der Waals surface area (Å²) in [5.74, 6) is 0. The summed E-state index contributed by atoms with van der Waals surface area (Å²) < 4.78 is 39.5. The fourth-order valence-corrected chi connectivity index (χ4v) is 3.63. The van der Waals surface area contributed by atoms with Gasteiger partial charge in [0.25, 0.3) is 0 Å². The molecule has 1 heterocycles. The zero-order valence-corrected chi connectivity index (χ0v) is 12.2. The van der Waals surface area contributed by atoms with Crippen LogP contribution in [0.25, 0.3) is 0 Å². The Morgan fingerprint density at radius 3 is 2.37 bits per heavy atom. The zero-order valence-electron chi connectivity index (χ0n) is 9.83. The van der Waals surface area contributed by atoms with Gasteiger partial charge in [0, 0.05) is 4.88 Å². The van der Waals surface area contributed by atoms with Crippen LogP contribution in [-0.4, -0.2) is 5.11 Å². The molecular formula is C13H10BrF3OS. The highest BCUT2D eigenvalue weighted by molar-refractivity contribution is 9.11. The third-order valence-electron chi connectivity index (χ3n) is 2.78. The van der Waals surface area contributed by atoms with E-state index in [1.54, 1.807) is 13.0 Å². The minimum absolute atomic E-state index is 0.122. The van der Waals surface area contributed by atoms with Gasteiger partial charge in [0.05, 0.1) is 9.35 Å². The van der Waals surface area contributed by atoms with Gasteiger partial charge in [-0.05, 0) is 46.1 Å². The molecule has 1 aromatic heterocycles. The highest BCUT2D eigenvalue weighted by Gasteiger charge is 2.35. The van der Waals surface area contributed by atoms with Gasteiger partial charge in [-0.15, -0.1) is 11.3 Å². The van der Waals surface area contributed by atoms with Crippen molar-refractivity contribution in [2.75, 3.05) is 0 Å². The molecule has 0 aliphatic carbocycles. The summed E-state index contributed by atoms with van der Waals surface area (Å²) in [6, 6.07) is 6.74. The van der Waals surface area contributed by atoms with E-state index in [0.717, 1.165) is 14.7 Å². The summed E-state index contributed by atoms with van der Waals surface area (Å²) in [6.07, 6.45) is -5.75. The average molecular weight is 351 g/mol. The highest BCUT2D eigenvalue weighted by atomic mass is 79.9. The van der Waals surface area contributed by atoms with Crippen LogP contribution in [0.3, 0.4) is 0 Å². The number of hydrogen-bond donors (Lipinski definition) is 1. The first-order chi connectivity index (χ1) is 8.80. The van der Waals surface area contributed by atoms with Gasteiger partial charge < -0.3 is 5.11 Å². The molecule has 1 aromatic carbocycles. The van der Waals surface area contributed by atoms with Crippen LogP contribution in [-0.2, 0) is 6.18 Å². The van der Waals surface area contributed by atoms with Gasteiger partial charge in [0.1, 0.15) is 6.10 Å². The van der Waals surface area contributed by atoms with Crippen molar-refractivity contribution >= 4 is 27.3 Å². The minimum atomic E-state index is -4.47. The van der Waals surface area contributed by atoms with E-state index < -0.39 is 17.8 Å². The normalized spacial score (nSPS) is 13.6. The molecule has 6 heteroatoms. The van der Waals surface area contributed by atoms with Crippen LogP contribution in [0.1, 0.15) is 27.7 Å². The lowest BCUT2D eigenvalue weighted by Gasteiger charge is -2.17. The standard InChI is InChI=1S/C13H10BrF3OS/c1-7-9(6-11(14)19-7)12(18)8-4-2-3-5-10(8)13(15,16)17/h2-6,12,18H,1H3. The smallest absolute Gasteiger partial charge is 0.384 e. The Labute approximate surface area is 120 Å². The molecule has 1 unspecified atom stereocenters. The monoisotopic (exact) mass is 350 g/mol. The molecular weight excluding hydrogens is 341 g/mol. The van der Waals surface area contributed by atoms with Crippen LogP contribution in [0.15, 0.2) is 34.1 Å². The second-order valence-corrected chi connectivity index (χ2v) is 6.69. The number of hydrogen-bond acceptors (Lipinski definition) is 2. The van der Waals surface area contributed by atoms with Crippen molar-refractivity contribution in [1.82, 2.24) is 0 Å². The van der Waals surface area contributed by atoms with Crippen molar-refractivity contribution in [1.29, 1.82) is 0 Å². The number of halogens is 4. The van der Waals surface area contributed by atoms with Crippen molar-refractivity contribution in [3.63, 3.8) is 0 Å². The zero-order chi connectivity index (χ0) is 14.2. The van der Waals surface area contributed by atoms with Crippen LogP contribution >= 0.6 is 27.3 Å². The van der Waals surface area contributed by atoms with Crippen molar-refractivity contribution in [3.05, 3.63) is 55.7 Å². The quantitative estimate of drug-likeness (QED) is 0.814. The average Bonchev–Trinajstić information content (AvgIpc) is 2.66. The van der Waals surface area contributed by atoms with Crippen LogP contribution in [0.5, 0.6) is 0 Å². The van der Waals surface area contributed by atoms with Crippen molar-refractivity contribution < 1.29 is 18.3 Å². The summed E-state index contributed by atoms with van der Waals surface area (Å²) in [5.41, 5.74) is -0.429. The molecule has 0 radical (unpaired) electrons. The maximum Gasteiger partial charge on any atom is 0.416 e. The molecule has 0 amide bonds. The first-order valence-electron chi connectivity index (χ1n) is 5.40. The molecule has 19 heavy (non-hydrogen) atoms. The van der Waals surface area contributed by atoms with E-state index in [1.165, 1.54) is 29.5 Å². The topological polar surface area (TPSA) is 20.2 Å². The molecule has 0 aliphatic rings. The van der Waals surface area contributed by atoms with Gasteiger partial charge in [-0.1, -0.05) is 18.2 Å². The third kappa shape index (κ3) is 3.01. The predicted molar refractivity (Wildman–Crippen MR) is 72.3 cm³/mol. The lowest BCUT2D eigenvalue weighted by molar-refractivity contribution is -0.139. The molecule has 2 aromatic rings. The summed E-state index contributed by atoms with van der Waals surface area (Å²) in [5, 5.41) is 10.2. The van der Waals surface area contributed by atoms with E-state index in [1.807, 2.05) is 0 Å². The molecule has 0 spiro atoms. The van der Waals surface area contributed by atoms with E-state index in [2.05, 4.69) is 15.9 Å². The molecule has 0 bridgehead atoms. The van der Waals surface area contributed by atoms with Gasteiger partial charge in [-0.25, -0.2) is 0 Å². The molecule has 0 saturated carbocycles. The maximum absolute atomic E-state index is 12.9. The van der Waals surface area contributed by atoms with Gasteiger partial charge >= 0.3 is 6.18 Å². The highest BCUT2D eigenvalue weighted by Crippen LogP contribution is 2.39. The van der Waals surface area contributed by atoms with Crippen LogP contribution in [0, 0.1) is 6.92 Å². The number of thiophene rings is 1. The molecule has 0 saturated heterocycles. The Morgan fingerprint density at radius 2 is 1.84 bits per heavy atom. The number of alkyl halides is 3. The van der Waals surface area contributed by atoms with Gasteiger partial charge in [-0.3, -0.25) is 0 Å². The van der Waals surface area contributed by atoms with E-state index in [9.17, 15) is 18.3 Å². The number of aliphatic hydroxyl groups excluding tert-OH is 1. The third-order valence-corrected chi connectivity index (χ3v) is 4.35. The summed E-state index contributed by atoms with van der Waals surface area (Å²) in [6.45, 7) is 1.77. The van der Waals surface area contributed by atoms with Gasteiger partial charge in [0.15, 0.2) is 0 Å². The van der Waals surface area contributed by atoms with Crippen LogP contribution in [0.2, 0.25) is 0 Å². The number of aryl methyl sites for hydroxylation is 1. The largest absolute Gasteiger partial charge is 0.416 e. The Kier molecular flexibility index (Phi) is 4.03. The van der Waals surface area contributed by atoms with E-state index in [-0.39, 0.29) is 5.56 Å². The van der Waals surface area contributed by atoms with Crippen LogP contribution in [0.4, 0.5) is 13.2 Å². The SMILES string of the molecule is Cc1sc(Br)cc1C(O)c1ccccc1C(F)(F)F. The van der Waals surface area contributed by atoms with Gasteiger partial charge in [-0.2, -0.15) is 13.2 Å². The Bertz CT molecular complexity index is 592. The van der Waals surface area contributed by atoms with Crippen molar-refractivity contribution in [2.24, 2.45) is 0 Å². The summed E-state index contributed by atoms with van der Waals surface area (Å²) in [7, 11) is 0. The second-order valence-electron chi connectivity index (χ2n) is 4.05. The van der Waals surface area contributed by atoms with E-state index in [0.29, 0.717) is 5.56 Å². The number of rotatable bonds is 2. The maximum atomic E-state index is 12.9. The lowest BCUT2D eigenvalue weighted by atomic mass is 9.97. The Balaban J connectivity index is 2.50. The first-order valence-corrected chi connectivity index (χ1v) is 7.01. The Morgan fingerprint density at radius 1 is 1.21 bits per heavy atom. The molecule has 1 N–H and O–H groups in total. The minimum Gasteiger partial charge on any atom is -0.384 e. The molecule has 1 atom stereocenters. The second kappa shape index (κ2) is 5.26. The number of aliphatic hydroxyl groups is 1. The summed E-state index contributed by atoms with van der Waals surface area (Å²) >= 11 is 4.65. The molecule has 0 aliphatic heterocycles. The first kappa shape index (κ1) is 14.6. The molecule has 0 fully saturated rings. The van der Waals surface area contributed by atoms with Crippen molar-refractivity contribution in [3.8, 4) is 0 Å². The molecule has 2 rings (SSSR count). The fraction of sp³-hybridized carbons (Fsp3) is 0.231. The van der Waals surface area contributed by atoms with Gasteiger partial charge in [0.2, 0.25) is 0 Å². The Hall–Kier alpha value is -0.850. The fourth-order valence-electron chi connectivity index (χ4n) is 1.89. The van der Waals surface area contributed by atoms with E-state index in [4.69, 9.17) is 0 Å². The number of benzene rings is 1. The summed E-state index contributed by atoms with van der Waals surface area (Å²) in [4.78, 5) is 0.788. The molecule has 1 nitrogen and oxygen atoms in total. The lowest BCUT2D eigenvalue weighted by Crippen LogP contribution is -2.12. The van der Waals surface area contributed by atoms with Crippen molar-refractivity contribution in [2.45, 2.75) is 19.2 Å². The van der Waals surface area contributed by atoms with Crippen LogP contribution < -0.4 is 0 Å². The predicted octanol–water partition coefficient (Wildman–Crippen LogP) is 4.92. The van der Waals surface area contributed by atoms with E-state index >= 15 is 0 Å².